The van der Waals surface area contributed by atoms with Crippen LogP contribution in [-0.2, 0) is 35.6 Å². The largest absolute Gasteiger partial charge is 0.494 e. The maximum atomic E-state index is 15.0. The van der Waals surface area contributed by atoms with Gasteiger partial charge in [0, 0.05) is 36.0 Å². The SMILES string of the molecule is O=C(NNCCc1ccc(OCc2ccccc2)c(OCc2ccccc2)c1)[C@@]1(Cc2ccc(Br)cc2)N=C(c2ccc(OCCCO)cc2)O[C@H]1c1ccc(-c2ccccc2)cc1. The first-order chi connectivity index (χ1) is 31.5. The van der Waals surface area contributed by atoms with E-state index >= 15 is 0 Å². The van der Waals surface area contributed by atoms with Crippen molar-refractivity contribution in [2.24, 2.45) is 4.99 Å². The molecule has 8 rings (SSSR count). The van der Waals surface area contributed by atoms with Gasteiger partial charge in [-0.25, -0.2) is 10.4 Å². The average Bonchev–Trinajstić information content (AvgIpc) is 3.74. The Morgan fingerprint density at radius 3 is 1.89 bits per heavy atom. The molecule has 7 aromatic carbocycles. The molecule has 7 aromatic rings. The van der Waals surface area contributed by atoms with Crippen molar-refractivity contribution in [2.75, 3.05) is 19.8 Å². The van der Waals surface area contributed by atoms with Crippen molar-refractivity contribution >= 4 is 27.7 Å². The first-order valence-electron chi connectivity index (χ1n) is 21.5. The molecule has 2 atom stereocenters. The normalized spacial score (nSPS) is 15.5. The zero-order valence-corrected chi connectivity index (χ0v) is 37.0. The zero-order valence-electron chi connectivity index (χ0n) is 35.4. The molecule has 0 saturated carbocycles. The summed E-state index contributed by atoms with van der Waals surface area (Å²) in [7, 11) is 0. The number of aliphatic imine (C=N–C) groups is 1. The smallest absolute Gasteiger partial charge is 0.266 e. The van der Waals surface area contributed by atoms with Crippen LogP contribution in [0, 0.1) is 0 Å². The van der Waals surface area contributed by atoms with E-state index in [-0.39, 0.29) is 18.9 Å². The Morgan fingerprint density at radius 2 is 1.23 bits per heavy atom. The highest BCUT2D eigenvalue weighted by Gasteiger charge is 2.53. The Kier molecular flexibility index (Phi) is 14.8. The maximum Gasteiger partial charge on any atom is 0.266 e. The predicted molar refractivity (Wildman–Crippen MR) is 254 cm³/mol. The molecule has 64 heavy (non-hydrogen) atoms. The number of aliphatic hydroxyl groups excluding tert-OH is 1. The van der Waals surface area contributed by atoms with Crippen LogP contribution in [0.25, 0.3) is 11.1 Å². The van der Waals surface area contributed by atoms with E-state index < -0.39 is 11.6 Å². The number of halogens is 1. The molecule has 3 N–H and O–H groups in total. The Morgan fingerprint density at radius 1 is 0.641 bits per heavy atom. The van der Waals surface area contributed by atoms with Gasteiger partial charge in [0.1, 0.15) is 19.0 Å². The predicted octanol–water partition coefficient (Wildman–Crippen LogP) is 10.4. The monoisotopic (exact) mass is 915 g/mol. The van der Waals surface area contributed by atoms with Crippen LogP contribution in [0.2, 0.25) is 0 Å². The van der Waals surface area contributed by atoms with Gasteiger partial charge in [-0.1, -0.05) is 149 Å². The van der Waals surface area contributed by atoms with Gasteiger partial charge >= 0.3 is 0 Å². The Balaban J connectivity index is 1.05. The van der Waals surface area contributed by atoms with Gasteiger partial charge in [-0.2, -0.15) is 0 Å². The third kappa shape index (κ3) is 11.3. The minimum atomic E-state index is -1.41. The molecule has 0 aliphatic carbocycles. The number of hydrogen-bond acceptors (Lipinski definition) is 8. The summed E-state index contributed by atoms with van der Waals surface area (Å²) in [6, 6.07) is 59.8. The summed E-state index contributed by atoms with van der Waals surface area (Å²) < 4.78 is 26.1. The molecule has 1 aliphatic heterocycles. The van der Waals surface area contributed by atoms with E-state index in [9.17, 15) is 9.90 Å². The lowest BCUT2D eigenvalue weighted by molar-refractivity contribution is -0.130. The summed E-state index contributed by atoms with van der Waals surface area (Å²) in [6.45, 7) is 1.68. The highest BCUT2D eigenvalue weighted by Crippen LogP contribution is 2.43. The molecule has 0 bridgehead atoms. The van der Waals surface area contributed by atoms with Crippen LogP contribution >= 0.6 is 15.9 Å². The van der Waals surface area contributed by atoms with Crippen molar-refractivity contribution < 1.29 is 28.8 Å². The van der Waals surface area contributed by atoms with Crippen LogP contribution in [0.1, 0.15) is 45.9 Å². The van der Waals surface area contributed by atoms with E-state index in [0.717, 1.165) is 43.4 Å². The summed E-state index contributed by atoms with van der Waals surface area (Å²) in [5.41, 5.74) is 12.6. The number of rotatable bonds is 20. The van der Waals surface area contributed by atoms with Gasteiger partial charge < -0.3 is 24.1 Å². The lowest BCUT2D eigenvalue weighted by Gasteiger charge is -2.31. The summed E-state index contributed by atoms with van der Waals surface area (Å²) >= 11 is 3.57. The van der Waals surface area contributed by atoms with Gasteiger partial charge in [-0.3, -0.25) is 10.2 Å². The number of hydrogen-bond donors (Lipinski definition) is 3. The lowest BCUT2D eigenvalue weighted by atomic mass is 9.82. The van der Waals surface area contributed by atoms with Crippen LogP contribution in [-0.4, -0.2) is 42.2 Å². The van der Waals surface area contributed by atoms with E-state index in [4.69, 9.17) is 23.9 Å². The number of benzene rings is 7. The fraction of sp³-hybridized carbons (Fsp3) is 0.185. The highest BCUT2D eigenvalue weighted by molar-refractivity contribution is 9.10. The van der Waals surface area contributed by atoms with Crippen LogP contribution < -0.4 is 25.1 Å². The molecule has 9 nitrogen and oxygen atoms in total. The number of nitrogens with one attached hydrogen (secondary N) is 2. The standard InChI is InChI=1S/C54H50BrN3O6/c55-47-26-17-40(18-27-47)36-54(51(45-22-20-44(21-23-45)43-15-8-3-9-16-43)64-52(57-54)46-24-28-48(29-25-46)61-34-10-33-59)53(60)58-56-32-31-39-19-30-49(62-37-41-11-4-1-5-12-41)50(35-39)63-38-42-13-6-2-7-14-42/h1-9,11-30,35,51,56,59H,10,31-34,36-38H2,(H,58,60)/t51-,54-/m0/s1. The maximum absolute atomic E-state index is 15.0. The fourth-order valence-electron chi connectivity index (χ4n) is 7.55. The summed E-state index contributed by atoms with van der Waals surface area (Å²) in [4.78, 5) is 20.2. The molecule has 0 unspecified atom stereocenters. The quantitative estimate of drug-likeness (QED) is 0.0516. The molecular weight excluding hydrogens is 867 g/mol. The zero-order chi connectivity index (χ0) is 44.0. The first-order valence-corrected chi connectivity index (χ1v) is 22.3. The van der Waals surface area contributed by atoms with E-state index in [0.29, 0.717) is 67.9 Å². The fourth-order valence-corrected chi connectivity index (χ4v) is 7.81. The Labute approximate surface area is 382 Å². The van der Waals surface area contributed by atoms with E-state index in [1.165, 1.54) is 0 Å². The molecule has 0 radical (unpaired) electrons. The number of hydrazine groups is 1. The minimum absolute atomic E-state index is 0.0526. The van der Waals surface area contributed by atoms with Crippen LogP contribution in [0.3, 0.4) is 0 Å². The second-order valence-corrected chi connectivity index (χ2v) is 16.5. The van der Waals surface area contributed by atoms with Crippen molar-refractivity contribution in [3.63, 3.8) is 0 Å². The molecule has 324 valence electrons. The topological polar surface area (TPSA) is 111 Å². The van der Waals surface area contributed by atoms with Gasteiger partial charge in [0.25, 0.3) is 5.91 Å². The van der Waals surface area contributed by atoms with Crippen molar-refractivity contribution in [3.05, 3.63) is 220 Å². The van der Waals surface area contributed by atoms with Crippen LogP contribution in [0.15, 0.2) is 191 Å². The van der Waals surface area contributed by atoms with Gasteiger partial charge in [0.2, 0.25) is 5.90 Å². The molecule has 0 fully saturated rings. The molecule has 0 aromatic heterocycles. The van der Waals surface area contributed by atoms with Crippen molar-refractivity contribution in [1.29, 1.82) is 0 Å². The average molecular weight is 917 g/mol. The van der Waals surface area contributed by atoms with Crippen molar-refractivity contribution in [2.45, 2.75) is 44.1 Å². The molecule has 1 amide bonds. The summed E-state index contributed by atoms with van der Waals surface area (Å²) in [5, 5.41) is 9.21. The number of ether oxygens (including phenoxy) is 4. The van der Waals surface area contributed by atoms with Gasteiger partial charge in [-0.15, -0.1) is 0 Å². The lowest BCUT2D eigenvalue weighted by Crippen LogP contribution is -2.54. The first kappa shape index (κ1) is 43.9. The Bertz CT molecular complexity index is 2590. The van der Waals surface area contributed by atoms with Crippen molar-refractivity contribution in [3.8, 4) is 28.4 Å². The minimum Gasteiger partial charge on any atom is -0.494 e. The highest BCUT2D eigenvalue weighted by atomic mass is 79.9. The van der Waals surface area contributed by atoms with E-state index in [1.807, 2.05) is 158 Å². The number of amides is 1. The number of nitrogens with zero attached hydrogens (tertiary/aromatic N) is 1. The molecule has 1 heterocycles. The van der Waals surface area contributed by atoms with Gasteiger partial charge in [-0.05, 0) is 93.9 Å². The molecule has 10 heteroatoms. The van der Waals surface area contributed by atoms with Gasteiger partial charge in [0.05, 0.1) is 6.61 Å². The third-order valence-electron chi connectivity index (χ3n) is 11.0. The second-order valence-electron chi connectivity index (χ2n) is 15.5. The Hall–Kier alpha value is -6.72. The summed E-state index contributed by atoms with van der Waals surface area (Å²) in [5.74, 6) is 1.98. The molecular formula is C54H50BrN3O6. The third-order valence-corrected chi connectivity index (χ3v) is 11.5. The van der Waals surface area contributed by atoms with Crippen molar-refractivity contribution in [1.82, 2.24) is 10.9 Å². The molecule has 1 aliphatic rings. The van der Waals surface area contributed by atoms with Crippen LogP contribution in [0.4, 0.5) is 0 Å². The number of carbonyl (C=O) groups excluding carboxylic acids is 1. The molecule has 0 saturated heterocycles. The molecule has 0 spiro atoms. The number of carbonyl (C=O) groups is 1. The van der Waals surface area contributed by atoms with E-state index in [2.05, 4.69) is 51.0 Å². The van der Waals surface area contributed by atoms with Crippen LogP contribution in [0.5, 0.6) is 17.2 Å². The number of aliphatic hydroxyl groups is 1. The second kappa shape index (κ2) is 21.6. The van der Waals surface area contributed by atoms with E-state index in [1.54, 1.807) is 0 Å². The summed E-state index contributed by atoms with van der Waals surface area (Å²) in [6.07, 6.45) is 0.608. The van der Waals surface area contributed by atoms with Gasteiger partial charge in [0.15, 0.2) is 23.1 Å².